The lowest BCUT2D eigenvalue weighted by atomic mass is 9.83. The van der Waals surface area contributed by atoms with Gasteiger partial charge in [0, 0.05) is 6.04 Å². The Morgan fingerprint density at radius 3 is 2.63 bits per heavy atom. The Morgan fingerprint density at radius 1 is 1.26 bits per heavy atom. The summed E-state index contributed by atoms with van der Waals surface area (Å²) >= 11 is 0. The van der Waals surface area contributed by atoms with Gasteiger partial charge in [-0.15, -0.1) is 0 Å². The summed E-state index contributed by atoms with van der Waals surface area (Å²) in [7, 11) is 0. The molecule has 1 nitrogen and oxygen atoms in total. The van der Waals surface area contributed by atoms with Crippen molar-refractivity contribution in [2.24, 2.45) is 11.8 Å². The average Bonchev–Trinajstić information content (AvgIpc) is 2.39. The van der Waals surface area contributed by atoms with Crippen molar-refractivity contribution in [2.75, 3.05) is 6.54 Å². The first-order valence-electron chi connectivity index (χ1n) is 7.64. The van der Waals surface area contributed by atoms with Crippen LogP contribution >= 0.6 is 0 Å². The minimum atomic E-state index is 0.503. The molecule has 0 spiro atoms. The molecule has 0 aromatic heterocycles. The van der Waals surface area contributed by atoms with Crippen LogP contribution in [0.25, 0.3) is 0 Å². The summed E-state index contributed by atoms with van der Waals surface area (Å²) in [6, 6.07) is 11.3. The van der Waals surface area contributed by atoms with E-state index in [0.717, 1.165) is 24.8 Å². The predicted octanol–water partition coefficient (Wildman–Crippen LogP) is 4.72. The molecule has 0 heterocycles. The van der Waals surface area contributed by atoms with Crippen LogP contribution in [0.5, 0.6) is 0 Å². The summed E-state index contributed by atoms with van der Waals surface area (Å²) in [6.07, 6.45) is 6.18. The molecule has 1 aliphatic carbocycles. The molecule has 0 amide bonds. The summed E-state index contributed by atoms with van der Waals surface area (Å²) in [5.41, 5.74) is 2.99. The van der Waals surface area contributed by atoms with E-state index < -0.39 is 0 Å². The van der Waals surface area contributed by atoms with Crippen LogP contribution < -0.4 is 5.32 Å². The number of hydrogen-bond donors (Lipinski definition) is 1. The van der Waals surface area contributed by atoms with Crippen molar-refractivity contribution in [1.82, 2.24) is 5.32 Å². The van der Waals surface area contributed by atoms with Crippen molar-refractivity contribution in [2.45, 2.75) is 46.1 Å². The van der Waals surface area contributed by atoms with Gasteiger partial charge >= 0.3 is 0 Å². The number of rotatable bonds is 5. The van der Waals surface area contributed by atoms with E-state index >= 15 is 0 Å². The van der Waals surface area contributed by atoms with Crippen molar-refractivity contribution in [3.8, 4) is 0 Å². The van der Waals surface area contributed by atoms with E-state index in [1.165, 1.54) is 18.4 Å². The van der Waals surface area contributed by atoms with Gasteiger partial charge in [-0.05, 0) is 50.1 Å². The lowest BCUT2D eigenvalue weighted by Gasteiger charge is -2.28. The van der Waals surface area contributed by atoms with E-state index in [-0.39, 0.29) is 0 Å². The average molecular weight is 257 g/mol. The second-order valence-electron chi connectivity index (χ2n) is 6.08. The van der Waals surface area contributed by atoms with Gasteiger partial charge in [-0.2, -0.15) is 0 Å². The van der Waals surface area contributed by atoms with Gasteiger partial charge in [0.25, 0.3) is 0 Å². The third kappa shape index (κ3) is 4.21. The van der Waals surface area contributed by atoms with E-state index in [9.17, 15) is 0 Å². The molecule has 1 aliphatic rings. The summed E-state index contributed by atoms with van der Waals surface area (Å²) in [4.78, 5) is 0. The molecule has 19 heavy (non-hydrogen) atoms. The first-order chi connectivity index (χ1) is 9.19. The van der Waals surface area contributed by atoms with Crippen LogP contribution in [0.2, 0.25) is 0 Å². The number of hydrogen-bond acceptors (Lipinski definition) is 1. The van der Waals surface area contributed by atoms with Gasteiger partial charge in [0.15, 0.2) is 0 Å². The molecule has 0 fully saturated rings. The minimum Gasteiger partial charge on any atom is -0.310 e. The van der Waals surface area contributed by atoms with Gasteiger partial charge in [0.05, 0.1) is 0 Å². The fraction of sp³-hybridized carbons (Fsp3) is 0.556. The lowest BCUT2D eigenvalue weighted by Crippen LogP contribution is -2.29. The lowest BCUT2D eigenvalue weighted by molar-refractivity contribution is 0.358. The second-order valence-corrected chi connectivity index (χ2v) is 6.08. The maximum Gasteiger partial charge on any atom is 0.0317 e. The molecule has 1 aromatic carbocycles. The largest absolute Gasteiger partial charge is 0.310 e. The fourth-order valence-electron chi connectivity index (χ4n) is 3.33. The van der Waals surface area contributed by atoms with Crippen molar-refractivity contribution in [3.05, 3.63) is 47.5 Å². The van der Waals surface area contributed by atoms with Crippen LogP contribution in [-0.2, 0) is 0 Å². The van der Waals surface area contributed by atoms with E-state index in [0.29, 0.717) is 6.04 Å². The van der Waals surface area contributed by atoms with Gasteiger partial charge in [0.1, 0.15) is 0 Å². The second kappa shape index (κ2) is 6.91. The molecule has 0 radical (unpaired) electrons. The maximum absolute atomic E-state index is 3.77. The van der Waals surface area contributed by atoms with Crippen LogP contribution in [0.4, 0.5) is 0 Å². The zero-order valence-corrected chi connectivity index (χ0v) is 12.5. The monoisotopic (exact) mass is 257 g/mol. The van der Waals surface area contributed by atoms with Crippen molar-refractivity contribution >= 4 is 0 Å². The number of nitrogens with one attached hydrogen (secondary N) is 1. The zero-order valence-electron chi connectivity index (χ0n) is 12.5. The quantitative estimate of drug-likeness (QED) is 0.753. The van der Waals surface area contributed by atoms with Crippen molar-refractivity contribution < 1.29 is 0 Å². The van der Waals surface area contributed by atoms with Crippen LogP contribution in [0, 0.1) is 11.8 Å². The smallest absolute Gasteiger partial charge is 0.0317 e. The highest BCUT2D eigenvalue weighted by atomic mass is 14.9. The minimum absolute atomic E-state index is 0.503. The van der Waals surface area contributed by atoms with Crippen LogP contribution in [-0.4, -0.2) is 6.54 Å². The first-order valence-corrected chi connectivity index (χ1v) is 7.64. The summed E-state index contributed by atoms with van der Waals surface area (Å²) in [5.74, 6) is 1.55. The molecule has 1 N–H and O–H groups in total. The Balaban J connectivity index is 1.89. The Bertz CT molecular complexity index is 407. The topological polar surface area (TPSA) is 12.0 Å². The fourth-order valence-corrected chi connectivity index (χ4v) is 3.33. The number of allylic oxidation sites excluding steroid dienone is 2. The molecule has 2 rings (SSSR count). The normalized spacial score (nSPS) is 24.9. The Hall–Kier alpha value is -1.08. The van der Waals surface area contributed by atoms with Crippen LogP contribution in [0.15, 0.2) is 42.0 Å². The van der Waals surface area contributed by atoms with Gasteiger partial charge in [-0.1, -0.05) is 55.8 Å². The standard InChI is InChI=1S/C18H27N/c1-4-18(17-8-6-5-7-9-17)19-13-16-11-14(2)10-15(3)12-16/h5-10,14,16,18-19H,4,11-13H2,1-3H3. The molecule has 3 unspecified atom stereocenters. The highest BCUT2D eigenvalue weighted by Gasteiger charge is 2.19. The molecule has 104 valence electrons. The predicted molar refractivity (Wildman–Crippen MR) is 83.1 cm³/mol. The van der Waals surface area contributed by atoms with Gasteiger partial charge in [0.2, 0.25) is 0 Å². The van der Waals surface area contributed by atoms with E-state index in [1.807, 2.05) is 0 Å². The third-order valence-electron chi connectivity index (χ3n) is 4.15. The molecule has 1 heteroatoms. The SMILES string of the molecule is CCC(NCC1CC(C)=CC(C)C1)c1ccccc1. The van der Waals surface area contributed by atoms with Crippen molar-refractivity contribution in [1.29, 1.82) is 0 Å². The van der Waals surface area contributed by atoms with Gasteiger partial charge in [-0.25, -0.2) is 0 Å². The van der Waals surface area contributed by atoms with E-state index in [1.54, 1.807) is 5.57 Å². The van der Waals surface area contributed by atoms with Crippen LogP contribution in [0.3, 0.4) is 0 Å². The zero-order chi connectivity index (χ0) is 13.7. The molecule has 0 saturated heterocycles. The Labute approximate surface area is 118 Å². The van der Waals surface area contributed by atoms with Gasteiger partial charge in [-0.3, -0.25) is 0 Å². The Morgan fingerprint density at radius 2 is 2.00 bits per heavy atom. The molecular weight excluding hydrogens is 230 g/mol. The highest BCUT2D eigenvalue weighted by Crippen LogP contribution is 2.28. The van der Waals surface area contributed by atoms with E-state index in [4.69, 9.17) is 0 Å². The summed E-state index contributed by atoms with van der Waals surface area (Å²) < 4.78 is 0. The van der Waals surface area contributed by atoms with Gasteiger partial charge < -0.3 is 5.32 Å². The third-order valence-corrected chi connectivity index (χ3v) is 4.15. The first kappa shape index (κ1) is 14.3. The van der Waals surface area contributed by atoms with Crippen molar-refractivity contribution in [3.63, 3.8) is 0 Å². The van der Waals surface area contributed by atoms with Crippen LogP contribution in [0.1, 0.15) is 51.6 Å². The maximum atomic E-state index is 3.77. The van der Waals surface area contributed by atoms with E-state index in [2.05, 4.69) is 62.5 Å². The Kier molecular flexibility index (Phi) is 5.21. The highest BCUT2D eigenvalue weighted by molar-refractivity contribution is 5.18. The molecule has 3 atom stereocenters. The molecular formula is C18H27N. The molecule has 0 saturated carbocycles. The molecule has 0 bridgehead atoms. The summed E-state index contributed by atoms with van der Waals surface area (Å²) in [5, 5.41) is 3.77. The summed E-state index contributed by atoms with van der Waals surface area (Å²) in [6.45, 7) is 8.02. The number of benzene rings is 1. The molecule has 1 aromatic rings. The molecule has 0 aliphatic heterocycles.